The number of amides is 1. The number of methoxy groups -OCH3 is 3. The van der Waals surface area contributed by atoms with Gasteiger partial charge in [0.05, 0.1) is 25.8 Å². The van der Waals surface area contributed by atoms with Crippen molar-refractivity contribution in [1.29, 1.82) is 0 Å². The molecule has 9 heteroatoms. The van der Waals surface area contributed by atoms with Crippen molar-refractivity contribution in [1.82, 2.24) is 4.90 Å². The first kappa shape index (κ1) is 27.7. The van der Waals surface area contributed by atoms with Crippen molar-refractivity contribution in [2.24, 2.45) is 0 Å². The fourth-order valence-electron chi connectivity index (χ4n) is 4.51. The smallest absolute Gasteiger partial charge is 0.295 e. The first-order valence-corrected chi connectivity index (χ1v) is 12.4. The largest absolute Gasteiger partial charge is 0.507 e. The summed E-state index contributed by atoms with van der Waals surface area (Å²) in [6.07, 6.45) is 0.465. The second kappa shape index (κ2) is 12.4. The molecule has 1 atom stereocenters. The summed E-state index contributed by atoms with van der Waals surface area (Å²) in [4.78, 5) is 27.7. The Morgan fingerprint density at radius 1 is 0.923 bits per heavy atom. The van der Waals surface area contributed by atoms with Crippen LogP contribution < -0.4 is 14.2 Å². The van der Waals surface area contributed by atoms with Gasteiger partial charge in [-0.3, -0.25) is 9.59 Å². The average molecular weight is 536 g/mol. The number of likely N-dealkylation sites (tertiary alicyclic amines) is 1. The molecular weight excluding hydrogens is 505 g/mol. The van der Waals surface area contributed by atoms with Gasteiger partial charge in [-0.1, -0.05) is 36.4 Å². The predicted octanol–water partition coefficient (Wildman–Crippen LogP) is 4.88. The third-order valence-electron chi connectivity index (χ3n) is 6.45. The second-order valence-electron chi connectivity index (χ2n) is 8.87. The third-order valence-corrected chi connectivity index (χ3v) is 6.45. The number of ether oxygens (including phenoxy) is 4. The Morgan fingerprint density at radius 2 is 1.64 bits per heavy atom. The summed E-state index contributed by atoms with van der Waals surface area (Å²) in [6.45, 7) is 0.884. The summed E-state index contributed by atoms with van der Waals surface area (Å²) >= 11 is 0. The van der Waals surface area contributed by atoms with E-state index in [0.717, 1.165) is 11.6 Å². The molecule has 204 valence electrons. The third kappa shape index (κ3) is 5.88. The molecule has 39 heavy (non-hydrogen) atoms. The van der Waals surface area contributed by atoms with Crippen LogP contribution in [0, 0.1) is 5.82 Å². The first-order valence-electron chi connectivity index (χ1n) is 12.4. The van der Waals surface area contributed by atoms with Gasteiger partial charge < -0.3 is 29.0 Å². The van der Waals surface area contributed by atoms with Crippen LogP contribution in [0.25, 0.3) is 5.76 Å². The van der Waals surface area contributed by atoms with Crippen LogP contribution in [-0.2, 0) is 20.9 Å². The number of nitrogens with zero attached hydrogens (tertiary/aromatic N) is 1. The maximum atomic E-state index is 14.4. The van der Waals surface area contributed by atoms with E-state index < -0.39 is 29.3 Å². The van der Waals surface area contributed by atoms with Gasteiger partial charge in [0.15, 0.2) is 23.1 Å². The van der Waals surface area contributed by atoms with Crippen LogP contribution in [0.15, 0.2) is 72.3 Å². The monoisotopic (exact) mass is 535 g/mol. The Kier molecular flexibility index (Phi) is 8.83. The Morgan fingerprint density at radius 3 is 2.31 bits per heavy atom. The lowest BCUT2D eigenvalue weighted by Gasteiger charge is -2.26. The van der Waals surface area contributed by atoms with Gasteiger partial charge in [-0.15, -0.1) is 0 Å². The normalized spacial score (nSPS) is 16.4. The summed E-state index contributed by atoms with van der Waals surface area (Å²) in [5, 5.41) is 11.2. The van der Waals surface area contributed by atoms with Crippen molar-refractivity contribution < 1.29 is 38.0 Å². The number of halogens is 1. The summed E-state index contributed by atoms with van der Waals surface area (Å²) in [7, 11) is 4.36. The molecule has 1 amide bonds. The zero-order chi connectivity index (χ0) is 27.9. The van der Waals surface area contributed by atoms with Crippen LogP contribution >= 0.6 is 0 Å². The second-order valence-corrected chi connectivity index (χ2v) is 8.87. The molecule has 1 aliphatic heterocycles. The van der Waals surface area contributed by atoms with E-state index in [2.05, 4.69) is 0 Å². The van der Waals surface area contributed by atoms with Gasteiger partial charge in [0.1, 0.15) is 12.4 Å². The van der Waals surface area contributed by atoms with E-state index in [0.29, 0.717) is 36.7 Å². The minimum atomic E-state index is -0.941. The van der Waals surface area contributed by atoms with Gasteiger partial charge >= 0.3 is 0 Å². The zero-order valence-corrected chi connectivity index (χ0v) is 22.0. The van der Waals surface area contributed by atoms with Gasteiger partial charge in [-0.25, -0.2) is 4.39 Å². The fraction of sp³-hybridized carbons (Fsp3) is 0.267. The molecule has 0 radical (unpaired) electrons. The topological polar surface area (TPSA) is 94.5 Å². The molecule has 1 heterocycles. The van der Waals surface area contributed by atoms with Crippen LogP contribution in [0.2, 0.25) is 0 Å². The Bertz CT molecular complexity index is 1370. The number of ketones is 1. The van der Waals surface area contributed by atoms with E-state index in [1.54, 1.807) is 25.3 Å². The van der Waals surface area contributed by atoms with E-state index in [1.807, 2.05) is 30.3 Å². The van der Waals surface area contributed by atoms with Gasteiger partial charge in [-0.05, 0) is 47.9 Å². The summed E-state index contributed by atoms with van der Waals surface area (Å²) in [6, 6.07) is 17.6. The van der Waals surface area contributed by atoms with E-state index in [9.17, 15) is 19.1 Å². The molecule has 3 aromatic rings. The highest BCUT2D eigenvalue weighted by atomic mass is 19.1. The number of hydrogen-bond acceptors (Lipinski definition) is 7. The minimum Gasteiger partial charge on any atom is -0.507 e. The highest BCUT2D eigenvalue weighted by Gasteiger charge is 2.46. The fourth-order valence-corrected chi connectivity index (χ4v) is 4.51. The lowest BCUT2D eigenvalue weighted by Crippen LogP contribution is -2.31. The molecule has 0 spiro atoms. The number of benzene rings is 3. The molecule has 0 bridgehead atoms. The lowest BCUT2D eigenvalue weighted by molar-refractivity contribution is -0.140. The van der Waals surface area contributed by atoms with Crippen LogP contribution in [0.1, 0.15) is 29.2 Å². The maximum Gasteiger partial charge on any atom is 0.295 e. The van der Waals surface area contributed by atoms with Crippen molar-refractivity contribution >= 4 is 17.4 Å². The lowest BCUT2D eigenvalue weighted by atomic mass is 9.94. The Hall–Kier alpha value is -4.37. The molecular formula is C30H30FNO7. The van der Waals surface area contributed by atoms with Crippen LogP contribution in [0.4, 0.5) is 4.39 Å². The molecule has 4 rings (SSSR count). The van der Waals surface area contributed by atoms with Gasteiger partial charge in [0, 0.05) is 25.8 Å². The number of carbonyl (C=O) groups is 2. The Labute approximate surface area is 226 Å². The number of aliphatic hydroxyl groups excluding tert-OH is 1. The first-order chi connectivity index (χ1) is 18.9. The molecule has 1 fully saturated rings. The molecule has 0 saturated carbocycles. The number of Topliss-reactive ketones (excluding diaryl/α,β-unsaturated/α-hetero) is 1. The molecule has 1 saturated heterocycles. The summed E-state index contributed by atoms with van der Waals surface area (Å²) in [5.41, 5.74) is 1.39. The Balaban J connectivity index is 1.76. The molecule has 3 aromatic carbocycles. The molecule has 1 N–H and O–H groups in total. The molecule has 1 aliphatic rings. The van der Waals surface area contributed by atoms with Crippen LogP contribution in [0.3, 0.4) is 0 Å². The van der Waals surface area contributed by atoms with Crippen molar-refractivity contribution in [2.75, 3.05) is 34.5 Å². The molecule has 8 nitrogen and oxygen atoms in total. The van der Waals surface area contributed by atoms with E-state index in [-0.39, 0.29) is 23.4 Å². The number of hydrogen-bond donors (Lipinski definition) is 1. The molecule has 0 aliphatic carbocycles. The van der Waals surface area contributed by atoms with E-state index >= 15 is 0 Å². The summed E-state index contributed by atoms with van der Waals surface area (Å²) in [5.74, 6) is -1.99. The average Bonchev–Trinajstić information content (AvgIpc) is 3.21. The highest BCUT2D eigenvalue weighted by molar-refractivity contribution is 6.46. The maximum absolute atomic E-state index is 14.4. The van der Waals surface area contributed by atoms with Gasteiger partial charge in [0.2, 0.25) is 0 Å². The zero-order valence-electron chi connectivity index (χ0n) is 22.0. The van der Waals surface area contributed by atoms with Crippen LogP contribution in [-0.4, -0.2) is 56.2 Å². The number of aliphatic hydroxyl groups is 1. The van der Waals surface area contributed by atoms with E-state index in [1.165, 1.54) is 31.3 Å². The minimum absolute atomic E-state index is 0.0149. The molecule has 0 aromatic heterocycles. The van der Waals surface area contributed by atoms with Crippen molar-refractivity contribution in [2.45, 2.75) is 19.1 Å². The van der Waals surface area contributed by atoms with Crippen molar-refractivity contribution in [3.63, 3.8) is 0 Å². The van der Waals surface area contributed by atoms with Crippen molar-refractivity contribution in [3.05, 3.63) is 94.8 Å². The van der Waals surface area contributed by atoms with Gasteiger partial charge in [-0.2, -0.15) is 0 Å². The predicted molar refractivity (Wildman–Crippen MR) is 142 cm³/mol. The van der Waals surface area contributed by atoms with Gasteiger partial charge in [0.25, 0.3) is 11.7 Å². The van der Waals surface area contributed by atoms with Crippen LogP contribution in [0.5, 0.6) is 17.2 Å². The summed E-state index contributed by atoms with van der Waals surface area (Å²) < 4.78 is 36.0. The van der Waals surface area contributed by atoms with E-state index in [4.69, 9.17) is 18.9 Å². The quantitative estimate of drug-likeness (QED) is 0.162. The highest BCUT2D eigenvalue weighted by Crippen LogP contribution is 2.42. The van der Waals surface area contributed by atoms with Crippen molar-refractivity contribution in [3.8, 4) is 17.2 Å². The number of carbonyl (C=O) groups excluding carboxylic acids is 2. The molecule has 1 unspecified atom stereocenters. The SMILES string of the molecule is COCCCN1C(=O)C(=O)/C(=C(/O)c2ccc(OC)c(F)c2)C1c1ccc(OCc2ccccc2)c(OC)c1. The standard InChI is InChI=1S/C30H30FNO7/c1-36-15-7-14-32-27(20-10-13-24(25(17-20)38-3)39-18-19-8-5-4-6-9-19)26(29(34)30(32)35)28(33)21-11-12-23(37-2)22(31)16-21/h4-6,8-13,16-17,27,33H,7,14-15,18H2,1-3H3/b28-26+. The number of rotatable bonds is 11.